The zero-order valence-corrected chi connectivity index (χ0v) is 9.61. The second kappa shape index (κ2) is 4.65. The molecule has 1 heterocycles. The van der Waals surface area contributed by atoms with Gasteiger partial charge < -0.3 is 10.0 Å². The van der Waals surface area contributed by atoms with E-state index in [-0.39, 0.29) is 18.1 Å². The molecule has 1 amide bonds. The van der Waals surface area contributed by atoms with Crippen LogP contribution in [-0.2, 0) is 19.4 Å². The molecule has 1 N–H and O–H groups in total. The molecule has 0 spiro atoms. The number of nitrogens with zero attached hydrogens (tertiary/aromatic N) is 1. The monoisotopic (exact) mass is 247 g/mol. The van der Waals surface area contributed by atoms with Gasteiger partial charge in [-0.2, -0.15) is 0 Å². The maximum atomic E-state index is 11.5. The van der Waals surface area contributed by atoms with Crippen molar-refractivity contribution in [3.63, 3.8) is 0 Å². The number of aliphatic carboxylic acids is 1. The summed E-state index contributed by atoms with van der Waals surface area (Å²) in [7, 11) is -3.06. The van der Waals surface area contributed by atoms with Gasteiger partial charge in [-0.3, -0.25) is 4.79 Å². The predicted octanol–water partition coefficient (Wildman–Crippen LogP) is -0.727. The Kier molecular flexibility index (Phi) is 3.69. The van der Waals surface area contributed by atoms with Crippen LogP contribution in [0.2, 0.25) is 0 Å². The molecule has 0 aromatic heterocycles. The fourth-order valence-corrected chi connectivity index (χ4v) is 3.12. The summed E-state index contributed by atoms with van der Waals surface area (Å²) in [5.41, 5.74) is 0. The van der Waals surface area contributed by atoms with Crippen LogP contribution in [0.25, 0.3) is 0 Å². The van der Waals surface area contributed by atoms with Gasteiger partial charge in [0.2, 0.25) is 5.91 Å². The summed E-state index contributed by atoms with van der Waals surface area (Å²) in [4.78, 5) is 23.1. The van der Waals surface area contributed by atoms with Crippen LogP contribution < -0.4 is 0 Å². The first-order valence-corrected chi connectivity index (χ1v) is 6.56. The third-order valence-electron chi connectivity index (χ3n) is 2.32. The van der Waals surface area contributed by atoms with Crippen LogP contribution in [0.5, 0.6) is 0 Å². The Balaban J connectivity index is 2.69. The molecular weight excluding hydrogens is 234 g/mol. The zero-order valence-electron chi connectivity index (χ0n) is 8.79. The largest absolute Gasteiger partial charge is 0.478 e. The predicted molar refractivity (Wildman–Crippen MR) is 56.6 cm³/mol. The van der Waals surface area contributed by atoms with Gasteiger partial charge in [0.1, 0.15) is 0 Å². The van der Waals surface area contributed by atoms with Crippen molar-refractivity contribution >= 4 is 21.7 Å². The van der Waals surface area contributed by atoms with Gasteiger partial charge in [0.05, 0.1) is 11.5 Å². The number of carbonyl (C=O) groups excluding carboxylic acids is 1. The lowest BCUT2D eigenvalue weighted by molar-refractivity contribution is -0.132. The fraction of sp³-hybridized carbons (Fsp3) is 0.556. The van der Waals surface area contributed by atoms with E-state index in [9.17, 15) is 18.0 Å². The van der Waals surface area contributed by atoms with Crippen LogP contribution in [0, 0.1) is 0 Å². The maximum absolute atomic E-state index is 11.5. The van der Waals surface area contributed by atoms with Crippen LogP contribution in [-0.4, -0.2) is 54.4 Å². The van der Waals surface area contributed by atoms with Crippen molar-refractivity contribution < 1.29 is 23.1 Å². The molecule has 0 aromatic rings. The van der Waals surface area contributed by atoms with Gasteiger partial charge in [0.25, 0.3) is 0 Å². The molecule has 1 atom stereocenters. The van der Waals surface area contributed by atoms with Crippen LogP contribution >= 0.6 is 0 Å². The van der Waals surface area contributed by atoms with E-state index >= 15 is 0 Å². The molecule has 0 aromatic carbocycles. The van der Waals surface area contributed by atoms with Crippen molar-refractivity contribution in [2.75, 3.05) is 18.1 Å². The molecule has 0 radical (unpaired) electrons. The Hall–Kier alpha value is -1.37. The Labute approximate surface area is 93.5 Å². The van der Waals surface area contributed by atoms with Gasteiger partial charge in [0, 0.05) is 24.7 Å². The summed E-state index contributed by atoms with van der Waals surface area (Å²) < 4.78 is 22.5. The summed E-state index contributed by atoms with van der Waals surface area (Å²) >= 11 is 0. The summed E-state index contributed by atoms with van der Waals surface area (Å²) in [5.74, 6) is -1.81. The molecule has 16 heavy (non-hydrogen) atoms. The average Bonchev–Trinajstić information content (AvgIpc) is 2.12. The number of rotatable bonds is 2. The van der Waals surface area contributed by atoms with Crippen LogP contribution in [0.3, 0.4) is 0 Å². The Morgan fingerprint density at radius 3 is 2.50 bits per heavy atom. The summed E-state index contributed by atoms with van der Waals surface area (Å²) in [6.07, 6.45) is 1.69. The topological polar surface area (TPSA) is 91.8 Å². The molecular formula is C9H13NO5S. The van der Waals surface area contributed by atoms with E-state index in [0.717, 1.165) is 12.2 Å². The molecule has 7 heteroatoms. The number of hydrogen-bond donors (Lipinski definition) is 1. The first-order chi connectivity index (χ1) is 7.32. The molecule has 1 saturated heterocycles. The Bertz CT molecular complexity index is 425. The number of carbonyl (C=O) groups is 2. The van der Waals surface area contributed by atoms with Crippen molar-refractivity contribution in [1.29, 1.82) is 0 Å². The summed E-state index contributed by atoms with van der Waals surface area (Å²) in [6.45, 7) is 1.75. The van der Waals surface area contributed by atoms with Crippen LogP contribution in [0.15, 0.2) is 12.2 Å². The molecule has 0 bridgehead atoms. The standard InChI is InChI=1S/C9H13NO5S/c1-7-6-16(14,15)5-4-10(7)8(11)2-3-9(12)13/h2-3,7H,4-6H2,1H3,(H,12,13)/b3-2+. The first kappa shape index (κ1) is 12.7. The highest BCUT2D eigenvalue weighted by Crippen LogP contribution is 2.11. The number of hydrogen-bond acceptors (Lipinski definition) is 4. The van der Waals surface area contributed by atoms with Gasteiger partial charge in [-0.25, -0.2) is 13.2 Å². The minimum atomic E-state index is -3.06. The molecule has 1 fully saturated rings. The number of carboxylic acid groups (broad SMARTS) is 1. The fourth-order valence-electron chi connectivity index (χ4n) is 1.56. The van der Waals surface area contributed by atoms with Gasteiger partial charge in [-0.1, -0.05) is 0 Å². The summed E-state index contributed by atoms with van der Waals surface area (Å²) in [5, 5.41) is 8.36. The van der Waals surface area contributed by atoms with Crippen molar-refractivity contribution in [3.8, 4) is 0 Å². The molecule has 0 saturated carbocycles. The van der Waals surface area contributed by atoms with E-state index in [4.69, 9.17) is 5.11 Å². The van der Waals surface area contributed by atoms with E-state index in [2.05, 4.69) is 0 Å². The number of carboxylic acids is 1. The van der Waals surface area contributed by atoms with Crippen molar-refractivity contribution in [2.24, 2.45) is 0 Å². The van der Waals surface area contributed by atoms with Gasteiger partial charge in [0.15, 0.2) is 9.84 Å². The third-order valence-corrected chi connectivity index (χ3v) is 4.12. The molecule has 90 valence electrons. The molecule has 1 aliphatic heterocycles. The highest BCUT2D eigenvalue weighted by atomic mass is 32.2. The van der Waals surface area contributed by atoms with Crippen molar-refractivity contribution in [2.45, 2.75) is 13.0 Å². The quantitative estimate of drug-likeness (QED) is 0.650. The highest BCUT2D eigenvalue weighted by molar-refractivity contribution is 7.91. The minimum Gasteiger partial charge on any atom is -0.478 e. The van der Waals surface area contributed by atoms with E-state index in [0.29, 0.717) is 0 Å². The molecule has 1 aliphatic rings. The van der Waals surface area contributed by atoms with Crippen molar-refractivity contribution in [1.82, 2.24) is 4.90 Å². The van der Waals surface area contributed by atoms with Crippen LogP contribution in [0.1, 0.15) is 6.92 Å². The summed E-state index contributed by atoms with van der Waals surface area (Å²) in [6, 6.07) is -0.412. The molecule has 6 nitrogen and oxygen atoms in total. The Morgan fingerprint density at radius 2 is 2.00 bits per heavy atom. The molecule has 1 unspecified atom stereocenters. The van der Waals surface area contributed by atoms with E-state index in [1.165, 1.54) is 4.90 Å². The third kappa shape index (κ3) is 3.34. The van der Waals surface area contributed by atoms with E-state index in [1.54, 1.807) is 6.92 Å². The zero-order chi connectivity index (χ0) is 12.3. The number of amides is 1. The maximum Gasteiger partial charge on any atom is 0.328 e. The SMILES string of the molecule is CC1CS(=O)(=O)CCN1C(=O)/C=C/C(=O)O. The molecule has 0 aliphatic carbocycles. The van der Waals surface area contributed by atoms with E-state index in [1.807, 2.05) is 0 Å². The lowest BCUT2D eigenvalue weighted by Crippen LogP contribution is -2.49. The molecule has 1 rings (SSSR count). The Morgan fingerprint density at radius 1 is 1.38 bits per heavy atom. The first-order valence-electron chi connectivity index (χ1n) is 4.74. The lowest BCUT2D eigenvalue weighted by atomic mass is 10.3. The second-order valence-electron chi connectivity index (χ2n) is 3.67. The van der Waals surface area contributed by atoms with Crippen LogP contribution in [0.4, 0.5) is 0 Å². The second-order valence-corrected chi connectivity index (χ2v) is 5.90. The van der Waals surface area contributed by atoms with E-state index < -0.39 is 27.8 Å². The minimum absolute atomic E-state index is 0.0655. The normalized spacial score (nSPS) is 24.6. The van der Waals surface area contributed by atoms with Gasteiger partial charge in [-0.15, -0.1) is 0 Å². The van der Waals surface area contributed by atoms with Crippen molar-refractivity contribution in [3.05, 3.63) is 12.2 Å². The van der Waals surface area contributed by atoms with Gasteiger partial charge in [-0.05, 0) is 6.92 Å². The lowest BCUT2D eigenvalue weighted by Gasteiger charge is -2.32. The number of sulfone groups is 1. The smallest absolute Gasteiger partial charge is 0.328 e. The highest BCUT2D eigenvalue weighted by Gasteiger charge is 2.30. The van der Waals surface area contributed by atoms with Gasteiger partial charge >= 0.3 is 5.97 Å². The average molecular weight is 247 g/mol.